The summed E-state index contributed by atoms with van der Waals surface area (Å²) < 4.78 is 26.9. The topological polar surface area (TPSA) is 113 Å². The van der Waals surface area contributed by atoms with Gasteiger partial charge in [-0.2, -0.15) is 5.26 Å². The maximum absolute atomic E-state index is 15.3. The number of nitriles is 1. The van der Waals surface area contributed by atoms with Gasteiger partial charge in [0.2, 0.25) is 5.95 Å². The predicted molar refractivity (Wildman–Crippen MR) is 198 cm³/mol. The van der Waals surface area contributed by atoms with E-state index in [1.807, 2.05) is 20.0 Å². The number of hydrogen-bond donors (Lipinski definition) is 1. The molecule has 0 aliphatic carbocycles. The van der Waals surface area contributed by atoms with Gasteiger partial charge in [0, 0.05) is 35.6 Å². The largest absolute Gasteiger partial charge is 0.444 e. The van der Waals surface area contributed by atoms with E-state index in [4.69, 9.17) is 19.4 Å². The number of benzene rings is 1. The Morgan fingerprint density at radius 3 is 2.41 bits per heavy atom. The first-order valence-corrected chi connectivity index (χ1v) is 18.4. The lowest BCUT2D eigenvalue weighted by Crippen LogP contribution is -2.27. The van der Waals surface area contributed by atoms with Crippen molar-refractivity contribution in [1.82, 2.24) is 15.0 Å². The van der Waals surface area contributed by atoms with Gasteiger partial charge >= 0.3 is 6.09 Å². The third-order valence-electron chi connectivity index (χ3n) is 8.91. The highest BCUT2D eigenvalue weighted by Crippen LogP contribution is 2.46. The number of fused-ring (bicyclic) bond motifs is 4. The van der Waals surface area contributed by atoms with E-state index in [0.717, 1.165) is 64.0 Å². The van der Waals surface area contributed by atoms with Gasteiger partial charge in [0.05, 0.1) is 40.9 Å². The van der Waals surface area contributed by atoms with Crippen molar-refractivity contribution in [1.29, 1.82) is 5.26 Å². The number of aryl methyl sites for hydroxylation is 1. The third kappa shape index (κ3) is 7.81. The second-order valence-electron chi connectivity index (χ2n) is 13.3. The van der Waals surface area contributed by atoms with E-state index in [2.05, 4.69) is 55.9 Å². The zero-order chi connectivity index (χ0) is 36.0. The summed E-state index contributed by atoms with van der Waals surface area (Å²) in [7, 11) is 0. The lowest BCUT2D eigenvalue weighted by Gasteiger charge is -2.20. The molecule has 49 heavy (non-hydrogen) atoms. The Labute approximate surface area is 294 Å². The van der Waals surface area contributed by atoms with Crippen molar-refractivity contribution in [2.75, 3.05) is 23.3 Å². The fraction of sp³-hybridized carbons (Fsp3) is 0.553. The minimum absolute atomic E-state index is 0.141. The van der Waals surface area contributed by atoms with Crippen molar-refractivity contribution in [3.05, 3.63) is 40.5 Å². The number of anilines is 2. The van der Waals surface area contributed by atoms with E-state index >= 15 is 4.39 Å². The maximum Gasteiger partial charge on any atom is 0.412 e. The molecule has 2 aliphatic rings. The van der Waals surface area contributed by atoms with E-state index < -0.39 is 17.5 Å². The first-order chi connectivity index (χ1) is 23.5. The molecule has 1 amide bonds. The summed E-state index contributed by atoms with van der Waals surface area (Å²) in [5, 5.41) is 14.5. The van der Waals surface area contributed by atoms with Gasteiger partial charge in [-0.25, -0.2) is 19.2 Å². The van der Waals surface area contributed by atoms with Crippen LogP contribution < -0.4 is 10.2 Å². The zero-order valence-corrected chi connectivity index (χ0v) is 31.5. The number of ether oxygens (including phenoxy) is 2. The molecule has 11 heteroatoms. The SMILES string of the molecule is CC.CCCC.CCc1c(-c2ncc(F)c3sc(NC(=O)OC(C)(C)C)c(C#N)c23)c2c(c3cnc(N4CC(C)C(CC)C4)nc13)COC2. The van der Waals surface area contributed by atoms with Crippen molar-refractivity contribution in [3.8, 4) is 17.3 Å². The van der Waals surface area contributed by atoms with Crippen molar-refractivity contribution in [2.45, 2.75) is 114 Å². The summed E-state index contributed by atoms with van der Waals surface area (Å²) in [4.78, 5) is 29.4. The summed E-state index contributed by atoms with van der Waals surface area (Å²) >= 11 is 0.997. The molecule has 9 nitrogen and oxygen atoms in total. The number of carbonyl (C=O) groups excluding carboxylic acids is 1. The van der Waals surface area contributed by atoms with Crippen LogP contribution in [0, 0.1) is 29.0 Å². The number of nitrogens with one attached hydrogen (secondary N) is 1. The molecule has 2 aliphatic heterocycles. The number of rotatable bonds is 6. The van der Waals surface area contributed by atoms with Gasteiger partial charge in [-0.05, 0) is 55.7 Å². The Morgan fingerprint density at radius 1 is 1.12 bits per heavy atom. The molecule has 4 aromatic rings. The molecule has 1 fully saturated rings. The maximum atomic E-state index is 15.3. The Balaban J connectivity index is 0.000000841. The third-order valence-corrected chi connectivity index (χ3v) is 10.0. The molecule has 1 aromatic carbocycles. The van der Waals surface area contributed by atoms with Crippen LogP contribution in [-0.4, -0.2) is 39.7 Å². The van der Waals surface area contributed by atoms with Crippen molar-refractivity contribution in [3.63, 3.8) is 0 Å². The first-order valence-electron chi connectivity index (χ1n) is 17.6. The molecule has 0 bridgehead atoms. The number of hydrogen-bond acceptors (Lipinski definition) is 9. The summed E-state index contributed by atoms with van der Waals surface area (Å²) in [5.41, 5.74) is 4.37. The van der Waals surface area contributed by atoms with Crippen LogP contribution in [0.5, 0.6) is 0 Å². The number of amides is 1. The van der Waals surface area contributed by atoms with Crippen molar-refractivity contribution >= 4 is 49.4 Å². The number of carbonyl (C=O) groups is 1. The van der Waals surface area contributed by atoms with E-state index in [9.17, 15) is 10.1 Å². The smallest absolute Gasteiger partial charge is 0.412 e. The van der Waals surface area contributed by atoms with Crippen LogP contribution in [0.4, 0.5) is 20.1 Å². The van der Waals surface area contributed by atoms with Crippen LogP contribution in [0.25, 0.3) is 32.2 Å². The van der Waals surface area contributed by atoms with Gasteiger partial charge in [0.1, 0.15) is 16.7 Å². The molecular formula is C38H51FN6O3S. The van der Waals surface area contributed by atoms with E-state index in [-0.39, 0.29) is 15.3 Å². The molecule has 2 atom stereocenters. The Bertz CT molecular complexity index is 1840. The number of aromatic nitrogens is 3. The number of nitrogens with zero attached hydrogens (tertiary/aromatic N) is 5. The molecule has 0 radical (unpaired) electrons. The van der Waals surface area contributed by atoms with Crippen LogP contribution in [-0.2, 0) is 29.1 Å². The molecule has 0 spiro atoms. The Hall–Kier alpha value is -3.88. The molecule has 3 aromatic heterocycles. The lowest BCUT2D eigenvalue weighted by molar-refractivity contribution is 0.0636. The van der Waals surface area contributed by atoms with Crippen LogP contribution >= 0.6 is 11.3 Å². The molecule has 0 saturated carbocycles. The fourth-order valence-electron chi connectivity index (χ4n) is 6.38. The minimum Gasteiger partial charge on any atom is -0.444 e. The van der Waals surface area contributed by atoms with Crippen LogP contribution in [0.2, 0.25) is 0 Å². The quantitative estimate of drug-likeness (QED) is 0.213. The molecule has 1 N–H and O–H groups in total. The van der Waals surface area contributed by atoms with Crippen molar-refractivity contribution in [2.24, 2.45) is 11.8 Å². The highest BCUT2D eigenvalue weighted by molar-refractivity contribution is 7.23. The summed E-state index contributed by atoms with van der Waals surface area (Å²) in [5.74, 6) is 1.28. The molecular weight excluding hydrogens is 640 g/mol. The number of thiophene rings is 1. The van der Waals surface area contributed by atoms with E-state index in [1.165, 1.54) is 19.0 Å². The van der Waals surface area contributed by atoms with Crippen LogP contribution in [0.15, 0.2) is 12.4 Å². The second-order valence-corrected chi connectivity index (χ2v) is 14.4. The zero-order valence-electron chi connectivity index (χ0n) is 30.7. The number of halogens is 1. The Morgan fingerprint density at radius 2 is 1.82 bits per heavy atom. The normalized spacial score (nSPS) is 16.8. The fourth-order valence-corrected chi connectivity index (χ4v) is 7.42. The number of unbranched alkanes of at least 4 members (excludes halogenated alkanes) is 1. The molecule has 2 unspecified atom stereocenters. The summed E-state index contributed by atoms with van der Waals surface area (Å²) in [6.07, 6.45) is 6.74. The van der Waals surface area contributed by atoms with Crippen LogP contribution in [0.1, 0.15) is 111 Å². The number of pyridine rings is 1. The Kier molecular flexibility index (Phi) is 12.6. The monoisotopic (exact) mass is 690 g/mol. The predicted octanol–water partition coefficient (Wildman–Crippen LogP) is 10.2. The molecule has 5 heterocycles. The van der Waals surface area contributed by atoms with E-state index in [1.54, 1.807) is 20.8 Å². The summed E-state index contributed by atoms with van der Waals surface area (Å²) in [6.45, 7) is 22.7. The molecule has 1 saturated heterocycles. The highest BCUT2D eigenvalue weighted by Gasteiger charge is 2.32. The minimum atomic E-state index is -0.738. The highest BCUT2D eigenvalue weighted by atomic mass is 32.1. The first kappa shape index (κ1) is 37.9. The van der Waals surface area contributed by atoms with Gasteiger partial charge in [-0.3, -0.25) is 10.3 Å². The van der Waals surface area contributed by atoms with Gasteiger partial charge < -0.3 is 14.4 Å². The lowest BCUT2D eigenvalue weighted by atomic mass is 9.88. The van der Waals surface area contributed by atoms with Crippen molar-refractivity contribution < 1.29 is 18.7 Å². The van der Waals surface area contributed by atoms with Gasteiger partial charge in [-0.1, -0.05) is 67.7 Å². The average molecular weight is 691 g/mol. The van der Waals surface area contributed by atoms with E-state index in [0.29, 0.717) is 48.5 Å². The van der Waals surface area contributed by atoms with Gasteiger partial charge in [-0.15, -0.1) is 11.3 Å². The average Bonchev–Trinajstić information content (AvgIpc) is 3.81. The van der Waals surface area contributed by atoms with Crippen LogP contribution in [0.3, 0.4) is 0 Å². The van der Waals surface area contributed by atoms with Gasteiger partial charge in [0.15, 0.2) is 5.82 Å². The summed E-state index contributed by atoms with van der Waals surface area (Å²) in [6, 6.07) is 2.20. The second kappa shape index (κ2) is 16.2. The molecule has 6 rings (SSSR count). The molecule has 264 valence electrons. The van der Waals surface area contributed by atoms with Gasteiger partial charge in [0.25, 0.3) is 0 Å². The standard InChI is InChI=1S/C32H35FN6O3S.C4H10.C2H6/c1-7-17-13-39(12-16(17)3)30-36-10-20-21-14-41-15-22(21)24(18(8-2)26(20)37-30)27-25-19(9-34)29(38-31(40)42-32(4,5)6)43-28(25)23(33)11-35-27;1-3-4-2;1-2/h10-11,16-17H,7-8,12-15H2,1-6H3,(H,38,40);3-4H2,1-2H3;1-2H3.